The van der Waals surface area contributed by atoms with Gasteiger partial charge in [-0.3, -0.25) is 4.79 Å². The molecule has 82 valence electrons. The number of alkyl halides is 3. The van der Waals surface area contributed by atoms with Gasteiger partial charge in [0.25, 0.3) is 0 Å². The molecule has 0 spiro atoms. The molecule has 1 rings (SSSR count). The van der Waals surface area contributed by atoms with E-state index in [0.29, 0.717) is 0 Å². The molecule has 0 aromatic heterocycles. The second-order valence-corrected chi connectivity index (χ2v) is 3.39. The highest BCUT2D eigenvalue weighted by Gasteiger charge is 2.31. The van der Waals surface area contributed by atoms with Gasteiger partial charge in [-0.25, -0.2) is 0 Å². The SMILES string of the molecule is O=C(CC(F)(F)F)NCC1CCCN1. The molecule has 1 aliphatic heterocycles. The standard InChI is InChI=1S/C8H13F3N2O/c9-8(10,11)4-7(14)13-5-6-2-1-3-12-6/h6,12H,1-5H2,(H,13,14). The summed E-state index contributed by atoms with van der Waals surface area (Å²) in [6.45, 7) is 1.16. The van der Waals surface area contributed by atoms with Gasteiger partial charge in [0.15, 0.2) is 0 Å². The lowest BCUT2D eigenvalue weighted by atomic mass is 10.2. The van der Waals surface area contributed by atoms with Crippen molar-refractivity contribution in [3.05, 3.63) is 0 Å². The first kappa shape index (κ1) is 11.3. The minimum absolute atomic E-state index is 0.132. The lowest BCUT2D eigenvalue weighted by Crippen LogP contribution is -2.38. The molecule has 6 heteroatoms. The molecule has 1 aliphatic rings. The van der Waals surface area contributed by atoms with Gasteiger partial charge in [-0.05, 0) is 19.4 Å². The van der Waals surface area contributed by atoms with Gasteiger partial charge in [0, 0.05) is 12.6 Å². The molecule has 0 saturated carbocycles. The van der Waals surface area contributed by atoms with E-state index in [1.54, 1.807) is 0 Å². The molecule has 3 nitrogen and oxygen atoms in total. The third-order valence-electron chi connectivity index (χ3n) is 2.07. The van der Waals surface area contributed by atoms with Crippen molar-refractivity contribution in [2.45, 2.75) is 31.5 Å². The van der Waals surface area contributed by atoms with E-state index in [0.717, 1.165) is 19.4 Å². The molecule has 0 radical (unpaired) electrons. The van der Waals surface area contributed by atoms with E-state index >= 15 is 0 Å². The van der Waals surface area contributed by atoms with Crippen LogP contribution in [0.15, 0.2) is 0 Å². The number of amides is 1. The molecule has 1 amide bonds. The normalized spacial score (nSPS) is 22.4. The molecule has 14 heavy (non-hydrogen) atoms. The maximum absolute atomic E-state index is 11.7. The highest BCUT2D eigenvalue weighted by Crippen LogP contribution is 2.18. The average Bonchev–Trinajstić information content (AvgIpc) is 2.49. The van der Waals surface area contributed by atoms with Crippen LogP contribution in [0.25, 0.3) is 0 Å². The summed E-state index contributed by atoms with van der Waals surface area (Å²) in [6.07, 6.45) is -3.88. The lowest BCUT2D eigenvalue weighted by Gasteiger charge is -2.12. The van der Waals surface area contributed by atoms with Crippen LogP contribution < -0.4 is 10.6 Å². The van der Waals surface area contributed by atoms with Crippen molar-refractivity contribution in [1.82, 2.24) is 10.6 Å². The van der Waals surface area contributed by atoms with Crippen LogP contribution in [0.2, 0.25) is 0 Å². The molecular formula is C8H13F3N2O. The van der Waals surface area contributed by atoms with Gasteiger partial charge in [-0.1, -0.05) is 0 Å². The minimum Gasteiger partial charge on any atom is -0.354 e. The Kier molecular flexibility index (Phi) is 3.74. The summed E-state index contributed by atoms with van der Waals surface area (Å²) in [5.74, 6) is -0.953. The molecule has 0 aromatic rings. The maximum Gasteiger partial charge on any atom is 0.397 e. The van der Waals surface area contributed by atoms with Gasteiger partial charge in [0.1, 0.15) is 6.42 Å². The molecule has 0 bridgehead atoms. The highest BCUT2D eigenvalue weighted by molar-refractivity contribution is 5.76. The van der Waals surface area contributed by atoms with E-state index < -0.39 is 18.5 Å². The van der Waals surface area contributed by atoms with Crippen molar-refractivity contribution < 1.29 is 18.0 Å². The number of carbonyl (C=O) groups is 1. The van der Waals surface area contributed by atoms with Gasteiger partial charge >= 0.3 is 6.18 Å². The van der Waals surface area contributed by atoms with Crippen molar-refractivity contribution in [1.29, 1.82) is 0 Å². The summed E-state index contributed by atoms with van der Waals surface area (Å²) in [4.78, 5) is 10.8. The largest absolute Gasteiger partial charge is 0.397 e. The number of carbonyl (C=O) groups excluding carboxylic acids is 1. The number of nitrogens with one attached hydrogen (secondary N) is 2. The molecule has 0 aromatic carbocycles. The van der Waals surface area contributed by atoms with Crippen LogP contribution in [0, 0.1) is 0 Å². The smallest absolute Gasteiger partial charge is 0.354 e. The quantitative estimate of drug-likeness (QED) is 0.723. The van der Waals surface area contributed by atoms with Gasteiger partial charge < -0.3 is 10.6 Å². The first-order chi connectivity index (χ1) is 6.47. The van der Waals surface area contributed by atoms with Crippen molar-refractivity contribution in [3.8, 4) is 0 Å². The predicted octanol–water partition coefficient (Wildman–Crippen LogP) is 0.807. The van der Waals surface area contributed by atoms with E-state index in [1.165, 1.54) is 0 Å². The zero-order valence-electron chi connectivity index (χ0n) is 7.66. The van der Waals surface area contributed by atoms with E-state index in [-0.39, 0.29) is 12.6 Å². The van der Waals surface area contributed by atoms with Crippen LogP contribution in [0.1, 0.15) is 19.3 Å². The summed E-state index contributed by atoms with van der Waals surface area (Å²) in [5.41, 5.74) is 0. The highest BCUT2D eigenvalue weighted by atomic mass is 19.4. The maximum atomic E-state index is 11.7. The van der Waals surface area contributed by atoms with Gasteiger partial charge in [0.2, 0.25) is 5.91 Å². The Morgan fingerprint density at radius 3 is 2.71 bits per heavy atom. The second kappa shape index (κ2) is 4.63. The molecule has 2 N–H and O–H groups in total. The zero-order valence-corrected chi connectivity index (χ0v) is 7.66. The lowest BCUT2D eigenvalue weighted by molar-refractivity contribution is -0.153. The van der Waals surface area contributed by atoms with Crippen LogP contribution in [0.3, 0.4) is 0 Å². The van der Waals surface area contributed by atoms with Crippen molar-refractivity contribution in [2.24, 2.45) is 0 Å². The van der Waals surface area contributed by atoms with Crippen molar-refractivity contribution in [2.75, 3.05) is 13.1 Å². The molecule has 1 unspecified atom stereocenters. The fourth-order valence-corrected chi connectivity index (χ4v) is 1.41. The van der Waals surface area contributed by atoms with Gasteiger partial charge in [-0.2, -0.15) is 13.2 Å². The third-order valence-corrected chi connectivity index (χ3v) is 2.07. The number of hydrogen-bond donors (Lipinski definition) is 2. The predicted molar refractivity (Wildman–Crippen MR) is 44.7 cm³/mol. The molecule has 1 heterocycles. The van der Waals surface area contributed by atoms with Crippen LogP contribution in [-0.4, -0.2) is 31.2 Å². The fourth-order valence-electron chi connectivity index (χ4n) is 1.41. The summed E-state index contributed by atoms with van der Waals surface area (Å²) in [6, 6.07) is 0.132. The molecule has 1 fully saturated rings. The summed E-state index contributed by atoms with van der Waals surface area (Å²) < 4.78 is 35.2. The third kappa shape index (κ3) is 4.45. The van der Waals surface area contributed by atoms with E-state index in [2.05, 4.69) is 10.6 Å². The summed E-state index contributed by atoms with van der Waals surface area (Å²) in [5, 5.41) is 5.34. The summed E-state index contributed by atoms with van der Waals surface area (Å²) >= 11 is 0. The number of halogens is 3. The van der Waals surface area contributed by atoms with E-state index in [9.17, 15) is 18.0 Å². The van der Waals surface area contributed by atoms with Crippen LogP contribution in [-0.2, 0) is 4.79 Å². The Balaban J connectivity index is 2.14. The first-order valence-electron chi connectivity index (χ1n) is 4.54. The molecule has 1 saturated heterocycles. The van der Waals surface area contributed by atoms with Gasteiger partial charge in [-0.15, -0.1) is 0 Å². The Labute approximate surface area is 80.0 Å². The number of rotatable bonds is 3. The second-order valence-electron chi connectivity index (χ2n) is 3.39. The van der Waals surface area contributed by atoms with E-state index in [1.807, 2.05) is 0 Å². The topological polar surface area (TPSA) is 41.1 Å². The molecular weight excluding hydrogens is 197 g/mol. The Bertz CT molecular complexity index is 199. The average molecular weight is 210 g/mol. The van der Waals surface area contributed by atoms with Crippen molar-refractivity contribution >= 4 is 5.91 Å². The van der Waals surface area contributed by atoms with Crippen LogP contribution in [0.5, 0.6) is 0 Å². The van der Waals surface area contributed by atoms with Gasteiger partial charge in [0.05, 0.1) is 0 Å². The fraction of sp³-hybridized carbons (Fsp3) is 0.875. The van der Waals surface area contributed by atoms with Crippen molar-refractivity contribution in [3.63, 3.8) is 0 Å². The van der Waals surface area contributed by atoms with E-state index in [4.69, 9.17) is 0 Å². The van der Waals surface area contributed by atoms with Crippen LogP contribution in [0.4, 0.5) is 13.2 Å². The monoisotopic (exact) mass is 210 g/mol. The first-order valence-corrected chi connectivity index (χ1v) is 4.54. The zero-order chi connectivity index (χ0) is 10.6. The number of hydrogen-bond acceptors (Lipinski definition) is 2. The van der Waals surface area contributed by atoms with Crippen LogP contribution >= 0.6 is 0 Å². The Hall–Kier alpha value is -0.780. The molecule has 0 aliphatic carbocycles. The molecule has 1 atom stereocenters. The Morgan fingerprint density at radius 1 is 1.50 bits per heavy atom. The Morgan fingerprint density at radius 2 is 2.21 bits per heavy atom. The minimum atomic E-state index is -4.41. The summed E-state index contributed by atoms with van der Waals surface area (Å²) in [7, 11) is 0.